The molecule has 0 amide bonds. The first-order valence-corrected chi connectivity index (χ1v) is 7.07. The summed E-state index contributed by atoms with van der Waals surface area (Å²) in [6, 6.07) is 2.26. The lowest BCUT2D eigenvalue weighted by Gasteiger charge is -2.17. The lowest BCUT2D eigenvalue weighted by molar-refractivity contribution is 0.292. The number of aromatic nitrogens is 3. The Labute approximate surface area is 124 Å². The van der Waals surface area contributed by atoms with Crippen LogP contribution in [0, 0.1) is 0 Å². The molecule has 0 aromatic carbocycles. The smallest absolute Gasteiger partial charge is 0.323 e. The van der Waals surface area contributed by atoms with Crippen LogP contribution >= 0.6 is 0 Å². The van der Waals surface area contributed by atoms with E-state index in [2.05, 4.69) is 20.3 Å². The second-order valence-corrected chi connectivity index (χ2v) is 4.61. The van der Waals surface area contributed by atoms with Gasteiger partial charge in [-0.1, -0.05) is 6.92 Å². The van der Waals surface area contributed by atoms with Gasteiger partial charge in [-0.15, -0.1) is 0 Å². The number of hydrogen-bond acceptors (Lipinski definition) is 7. The molecule has 0 unspecified atom stereocenters. The summed E-state index contributed by atoms with van der Waals surface area (Å²) in [5.41, 5.74) is 1.05. The van der Waals surface area contributed by atoms with Crippen molar-refractivity contribution in [3.05, 3.63) is 24.2 Å². The van der Waals surface area contributed by atoms with E-state index in [-0.39, 0.29) is 0 Å². The van der Waals surface area contributed by atoms with E-state index in [9.17, 15) is 0 Å². The van der Waals surface area contributed by atoms with Crippen LogP contribution in [0.4, 0.5) is 11.9 Å². The monoisotopic (exact) mass is 291 g/mol. The summed E-state index contributed by atoms with van der Waals surface area (Å²) >= 11 is 0. The number of hydrogen-bond donors (Lipinski definition) is 1. The van der Waals surface area contributed by atoms with Gasteiger partial charge in [0, 0.05) is 25.7 Å². The van der Waals surface area contributed by atoms with Crippen LogP contribution in [0.3, 0.4) is 0 Å². The molecule has 0 fully saturated rings. The number of furan rings is 1. The van der Waals surface area contributed by atoms with Crippen LogP contribution in [0.15, 0.2) is 23.0 Å². The quantitative estimate of drug-likeness (QED) is 0.799. The van der Waals surface area contributed by atoms with Crippen molar-refractivity contribution in [2.75, 3.05) is 30.4 Å². The molecule has 0 atom stereocenters. The Bertz CT molecular complexity index is 544. The molecule has 0 bridgehead atoms. The standard InChI is InChI=1S/C14H21N5O2/c1-4-7-21-14-17-12(15-5-2)16-13(18-14)19(3)9-11-6-8-20-10-11/h6,8,10H,4-5,7,9H2,1-3H3,(H,15,16,17,18). The molecule has 2 rings (SSSR count). The summed E-state index contributed by atoms with van der Waals surface area (Å²) < 4.78 is 10.6. The third-order valence-corrected chi connectivity index (χ3v) is 2.71. The molecule has 0 aliphatic rings. The maximum atomic E-state index is 5.52. The Hall–Kier alpha value is -2.31. The summed E-state index contributed by atoms with van der Waals surface area (Å²) in [4.78, 5) is 14.9. The largest absolute Gasteiger partial charge is 0.472 e. The molecule has 0 aliphatic heterocycles. The Balaban J connectivity index is 2.17. The molecule has 7 nitrogen and oxygen atoms in total. The maximum Gasteiger partial charge on any atom is 0.323 e. The van der Waals surface area contributed by atoms with Gasteiger partial charge in [-0.25, -0.2) is 0 Å². The molecule has 7 heteroatoms. The first-order valence-electron chi connectivity index (χ1n) is 7.07. The minimum absolute atomic E-state index is 0.344. The Morgan fingerprint density at radius 2 is 2.14 bits per heavy atom. The van der Waals surface area contributed by atoms with Gasteiger partial charge in [-0.05, 0) is 19.4 Å². The molecule has 114 valence electrons. The van der Waals surface area contributed by atoms with Gasteiger partial charge in [-0.2, -0.15) is 15.0 Å². The summed E-state index contributed by atoms with van der Waals surface area (Å²) in [5.74, 6) is 1.08. The molecule has 0 saturated heterocycles. The molecule has 2 aromatic heterocycles. The highest BCUT2D eigenvalue weighted by atomic mass is 16.5. The van der Waals surface area contributed by atoms with Gasteiger partial charge >= 0.3 is 6.01 Å². The van der Waals surface area contributed by atoms with Crippen molar-refractivity contribution in [2.24, 2.45) is 0 Å². The zero-order valence-corrected chi connectivity index (χ0v) is 12.7. The lowest BCUT2D eigenvalue weighted by Crippen LogP contribution is -2.20. The van der Waals surface area contributed by atoms with Crippen LogP contribution < -0.4 is 15.0 Å². The van der Waals surface area contributed by atoms with Crippen molar-refractivity contribution >= 4 is 11.9 Å². The van der Waals surface area contributed by atoms with Crippen LogP contribution in [-0.2, 0) is 6.54 Å². The number of nitrogens with one attached hydrogen (secondary N) is 1. The predicted molar refractivity (Wildman–Crippen MR) is 80.6 cm³/mol. The highest BCUT2D eigenvalue weighted by Crippen LogP contribution is 2.16. The van der Waals surface area contributed by atoms with E-state index in [1.807, 2.05) is 31.9 Å². The van der Waals surface area contributed by atoms with Crippen molar-refractivity contribution in [1.29, 1.82) is 0 Å². The highest BCUT2D eigenvalue weighted by Gasteiger charge is 2.12. The third-order valence-electron chi connectivity index (χ3n) is 2.71. The van der Waals surface area contributed by atoms with E-state index in [1.165, 1.54) is 0 Å². The van der Waals surface area contributed by atoms with Gasteiger partial charge in [0.1, 0.15) is 0 Å². The molecule has 2 heterocycles. The van der Waals surface area contributed by atoms with Crippen molar-refractivity contribution in [2.45, 2.75) is 26.8 Å². The van der Waals surface area contributed by atoms with Crippen LogP contribution in [0.5, 0.6) is 6.01 Å². The lowest BCUT2D eigenvalue weighted by atomic mass is 10.3. The van der Waals surface area contributed by atoms with Crippen LogP contribution in [0.25, 0.3) is 0 Å². The third kappa shape index (κ3) is 4.34. The minimum Gasteiger partial charge on any atom is -0.472 e. The van der Waals surface area contributed by atoms with Crippen LogP contribution in [-0.4, -0.2) is 35.2 Å². The molecule has 2 aromatic rings. The molecular formula is C14H21N5O2. The number of nitrogens with zero attached hydrogens (tertiary/aromatic N) is 4. The number of rotatable bonds is 8. The van der Waals surface area contributed by atoms with Gasteiger partial charge in [0.15, 0.2) is 0 Å². The van der Waals surface area contributed by atoms with Gasteiger partial charge in [0.2, 0.25) is 11.9 Å². The highest BCUT2D eigenvalue weighted by molar-refractivity contribution is 5.38. The summed E-state index contributed by atoms with van der Waals surface area (Å²) in [6.45, 7) is 6.01. The van der Waals surface area contributed by atoms with Gasteiger partial charge < -0.3 is 19.4 Å². The Morgan fingerprint density at radius 1 is 1.29 bits per heavy atom. The first-order chi connectivity index (χ1) is 10.2. The van der Waals surface area contributed by atoms with Crippen molar-refractivity contribution < 1.29 is 9.15 Å². The molecule has 0 saturated carbocycles. The van der Waals surface area contributed by atoms with Crippen molar-refractivity contribution in [3.8, 4) is 6.01 Å². The van der Waals surface area contributed by atoms with Gasteiger partial charge in [-0.3, -0.25) is 0 Å². The Morgan fingerprint density at radius 3 is 2.81 bits per heavy atom. The zero-order valence-electron chi connectivity index (χ0n) is 12.7. The maximum absolute atomic E-state index is 5.52. The van der Waals surface area contributed by atoms with E-state index in [0.29, 0.717) is 31.1 Å². The minimum atomic E-state index is 0.344. The van der Waals surface area contributed by atoms with E-state index >= 15 is 0 Å². The predicted octanol–water partition coefficient (Wildman–Crippen LogP) is 2.32. The zero-order chi connectivity index (χ0) is 15.1. The van der Waals surface area contributed by atoms with Crippen molar-refractivity contribution in [3.63, 3.8) is 0 Å². The molecule has 1 N–H and O–H groups in total. The fourth-order valence-corrected chi connectivity index (χ4v) is 1.74. The molecule has 0 spiro atoms. The fourth-order valence-electron chi connectivity index (χ4n) is 1.74. The number of ether oxygens (including phenoxy) is 1. The van der Waals surface area contributed by atoms with Gasteiger partial charge in [0.25, 0.3) is 0 Å². The van der Waals surface area contributed by atoms with E-state index in [0.717, 1.165) is 18.5 Å². The van der Waals surface area contributed by atoms with Crippen LogP contribution in [0.1, 0.15) is 25.8 Å². The Kier molecular flexibility index (Phi) is 5.36. The van der Waals surface area contributed by atoms with E-state index in [4.69, 9.17) is 9.15 Å². The summed E-state index contributed by atoms with van der Waals surface area (Å²) in [7, 11) is 1.92. The van der Waals surface area contributed by atoms with Gasteiger partial charge in [0.05, 0.1) is 19.1 Å². The topological polar surface area (TPSA) is 76.3 Å². The fraction of sp³-hybridized carbons (Fsp3) is 0.500. The first kappa shape index (κ1) is 15.1. The molecule has 0 radical (unpaired) electrons. The van der Waals surface area contributed by atoms with Crippen LogP contribution in [0.2, 0.25) is 0 Å². The SMILES string of the molecule is CCCOc1nc(NCC)nc(N(C)Cc2ccoc2)n1. The molecular weight excluding hydrogens is 270 g/mol. The van der Waals surface area contributed by atoms with E-state index < -0.39 is 0 Å². The molecule has 21 heavy (non-hydrogen) atoms. The molecule has 0 aliphatic carbocycles. The second kappa shape index (κ2) is 7.47. The summed E-state index contributed by atoms with van der Waals surface area (Å²) in [5, 5.41) is 3.09. The normalized spacial score (nSPS) is 10.4. The number of anilines is 2. The average molecular weight is 291 g/mol. The average Bonchev–Trinajstić information content (AvgIpc) is 2.98. The second-order valence-electron chi connectivity index (χ2n) is 4.61. The van der Waals surface area contributed by atoms with E-state index in [1.54, 1.807) is 12.5 Å². The van der Waals surface area contributed by atoms with Crippen molar-refractivity contribution in [1.82, 2.24) is 15.0 Å². The summed E-state index contributed by atoms with van der Waals surface area (Å²) in [6.07, 6.45) is 4.26.